The fourth-order valence-corrected chi connectivity index (χ4v) is 4.82. The maximum absolute atomic E-state index is 11.6. The standard InChI is InChI=1S/C17H19N5OS3/c1-2-8-18-15(23)12-25-17-21-20-16(26-17)24-11-13-9-19-22(10-13)14-6-4-3-5-7-14/h3-7,9-10H,2,8,11-12H2,1H3,(H,18,23). The highest BCUT2D eigenvalue weighted by Crippen LogP contribution is 2.30. The van der Waals surface area contributed by atoms with Crippen LogP contribution < -0.4 is 5.32 Å². The molecule has 9 heteroatoms. The molecule has 0 aliphatic heterocycles. The molecule has 0 atom stereocenters. The number of carbonyl (C=O) groups is 1. The Kier molecular flexibility index (Phi) is 7.10. The van der Waals surface area contributed by atoms with E-state index in [4.69, 9.17) is 0 Å². The maximum atomic E-state index is 11.6. The number of amides is 1. The molecule has 2 heterocycles. The molecule has 0 fully saturated rings. The van der Waals surface area contributed by atoms with Crippen LogP contribution >= 0.6 is 34.9 Å². The molecule has 0 saturated carbocycles. The van der Waals surface area contributed by atoms with Crippen molar-refractivity contribution in [1.82, 2.24) is 25.3 Å². The van der Waals surface area contributed by atoms with E-state index in [9.17, 15) is 4.79 Å². The average molecular weight is 406 g/mol. The van der Waals surface area contributed by atoms with Crippen LogP contribution in [0.15, 0.2) is 51.4 Å². The van der Waals surface area contributed by atoms with Crippen LogP contribution in [-0.4, -0.2) is 38.2 Å². The fraction of sp³-hybridized carbons (Fsp3) is 0.294. The summed E-state index contributed by atoms with van der Waals surface area (Å²) in [6.45, 7) is 2.75. The summed E-state index contributed by atoms with van der Waals surface area (Å²) in [5, 5.41) is 15.6. The van der Waals surface area contributed by atoms with Crippen molar-refractivity contribution in [3.63, 3.8) is 0 Å². The summed E-state index contributed by atoms with van der Waals surface area (Å²) in [5.41, 5.74) is 2.17. The van der Waals surface area contributed by atoms with Gasteiger partial charge in [-0.05, 0) is 18.6 Å². The zero-order chi connectivity index (χ0) is 18.2. The molecular weight excluding hydrogens is 386 g/mol. The van der Waals surface area contributed by atoms with Gasteiger partial charge in [0.1, 0.15) is 0 Å². The van der Waals surface area contributed by atoms with Crippen molar-refractivity contribution >= 4 is 40.8 Å². The number of benzene rings is 1. The summed E-state index contributed by atoms with van der Waals surface area (Å²) in [4.78, 5) is 11.6. The van der Waals surface area contributed by atoms with Gasteiger partial charge in [0.15, 0.2) is 8.68 Å². The van der Waals surface area contributed by atoms with E-state index in [2.05, 4.69) is 20.6 Å². The molecule has 1 aromatic carbocycles. The molecule has 0 unspecified atom stereocenters. The summed E-state index contributed by atoms with van der Waals surface area (Å²) >= 11 is 4.57. The first-order chi connectivity index (χ1) is 12.7. The molecule has 26 heavy (non-hydrogen) atoms. The minimum atomic E-state index is 0.0366. The van der Waals surface area contributed by atoms with Gasteiger partial charge in [-0.1, -0.05) is 60.0 Å². The lowest BCUT2D eigenvalue weighted by molar-refractivity contribution is -0.118. The van der Waals surface area contributed by atoms with E-state index in [1.807, 2.05) is 54.3 Å². The van der Waals surface area contributed by atoms with Gasteiger partial charge in [0.2, 0.25) is 5.91 Å². The van der Waals surface area contributed by atoms with E-state index in [1.165, 1.54) is 23.1 Å². The van der Waals surface area contributed by atoms with Crippen LogP contribution in [0.1, 0.15) is 18.9 Å². The molecule has 6 nitrogen and oxygen atoms in total. The number of thioether (sulfide) groups is 2. The van der Waals surface area contributed by atoms with Gasteiger partial charge in [-0.3, -0.25) is 4.79 Å². The van der Waals surface area contributed by atoms with Crippen LogP contribution in [0.3, 0.4) is 0 Å². The number of hydrogen-bond acceptors (Lipinski definition) is 7. The number of nitrogens with one attached hydrogen (secondary N) is 1. The summed E-state index contributed by atoms with van der Waals surface area (Å²) < 4.78 is 3.58. The molecule has 0 bridgehead atoms. The Labute approximate surface area is 164 Å². The second kappa shape index (κ2) is 9.75. The van der Waals surface area contributed by atoms with E-state index in [0.29, 0.717) is 12.3 Å². The van der Waals surface area contributed by atoms with Gasteiger partial charge in [0.25, 0.3) is 0 Å². The van der Waals surface area contributed by atoms with Gasteiger partial charge >= 0.3 is 0 Å². The van der Waals surface area contributed by atoms with Crippen molar-refractivity contribution in [1.29, 1.82) is 0 Å². The van der Waals surface area contributed by atoms with Gasteiger partial charge in [-0.2, -0.15) is 5.10 Å². The predicted octanol–water partition coefficient (Wildman–Crippen LogP) is 3.63. The third-order valence-electron chi connectivity index (χ3n) is 3.31. The lowest BCUT2D eigenvalue weighted by Crippen LogP contribution is -2.25. The third-order valence-corrected chi connectivity index (χ3v) is 6.57. The van der Waals surface area contributed by atoms with Crippen molar-refractivity contribution < 1.29 is 4.79 Å². The zero-order valence-electron chi connectivity index (χ0n) is 14.3. The Morgan fingerprint density at radius 3 is 2.73 bits per heavy atom. The first kappa shape index (κ1) is 18.9. The van der Waals surface area contributed by atoms with Crippen LogP contribution in [0.4, 0.5) is 0 Å². The Balaban J connectivity index is 1.48. The number of carbonyl (C=O) groups excluding carboxylic acids is 1. The molecule has 3 aromatic rings. The van der Waals surface area contributed by atoms with Crippen molar-refractivity contribution in [3.8, 4) is 5.69 Å². The number of aromatic nitrogens is 4. The molecule has 1 amide bonds. The van der Waals surface area contributed by atoms with Crippen molar-refractivity contribution in [2.45, 2.75) is 27.8 Å². The van der Waals surface area contributed by atoms with Crippen LogP contribution in [0, 0.1) is 0 Å². The topological polar surface area (TPSA) is 72.7 Å². The number of nitrogens with zero attached hydrogens (tertiary/aromatic N) is 4. The smallest absolute Gasteiger partial charge is 0.230 e. The van der Waals surface area contributed by atoms with E-state index in [-0.39, 0.29) is 5.91 Å². The largest absolute Gasteiger partial charge is 0.355 e. The molecule has 2 aromatic heterocycles. The molecule has 136 valence electrons. The summed E-state index contributed by atoms with van der Waals surface area (Å²) in [6.07, 6.45) is 4.84. The van der Waals surface area contributed by atoms with Gasteiger partial charge in [0.05, 0.1) is 17.6 Å². The highest BCUT2D eigenvalue weighted by atomic mass is 32.2. The van der Waals surface area contributed by atoms with Crippen molar-refractivity contribution in [3.05, 3.63) is 48.3 Å². The van der Waals surface area contributed by atoms with Crippen molar-refractivity contribution in [2.24, 2.45) is 0 Å². The lowest BCUT2D eigenvalue weighted by Gasteiger charge is -2.00. The summed E-state index contributed by atoms with van der Waals surface area (Å²) in [6, 6.07) is 10.0. The van der Waals surface area contributed by atoms with Crippen molar-refractivity contribution in [2.75, 3.05) is 12.3 Å². The Bertz CT molecular complexity index is 834. The van der Waals surface area contributed by atoms with Gasteiger partial charge in [0, 0.05) is 24.1 Å². The van der Waals surface area contributed by atoms with E-state index in [0.717, 1.165) is 32.1 Å². The Morgan fingerprint density at radius 1 is 1.19 bits per heavy atom. The summed E-state index contributed by atoms with van der Waals surface area (Å²) in [5.74, 6) is 1.20. The average Bonchev–Trinajstić information content (AvgIpc) is 3.33. The van der Waals surface area contributed by atoms with Gasteiger partial charge in [-0.25, -0.2) is 4.68 Å². The highest BCUT2D eigenvalue weighted by Gasteiger charge is 2.09. The molecule has 1 N–H and O–H groups in total. The minimum absolute atomic E-state index is 0.0366. The van der Waals surface area contributed by atoms with Crippen LogP contribution in [0.25, 0.3) is 5.69 Å². The maximum Gasteiger partial charge on any atom is 0.230 e. The molecule has 0 aliphatic carbocycles. The molecule has 0 radical (unpaired) electrons. The Hall–Kier alpha value is -1.84. The first-order valence-corrected chi connectivity index (χ1v) is 11.0. The van der Waals surface area contributed by atoms with E-state index in [1.54, 1.807) is 11.8 Å². The second-order valence-electron chi connectivity index (χ2n) is 5.39. The Morgan fingerprint density at radius 2 is 1.96 bits per heavy atom. The molecule has 0 spiro atoms. The number of hydrogen-bond donors (Lipinski definition) is 1. The van der Waals surface area contributed by atoms with Crippen LogP contribution in [0.2, 0.25) is 0 Å². The third kappa shape index (κ3) is 5.58. The quantitative estimate of drug-likeness (QED) is 0.548. The molecule has 3 rings (SSSR count). The van der Waals surface area contributed by atoms with Gasteiger partial charge < -0.3 is 5.32 Å². The SMILES string of the molecule is CCCNC(=O)CSc1nnc(SCc2cnn(-c3ccccc3)c2)s1. The summed E-state index contributed by atoms with van der Waals surface area (Å²) in [7, 11) is 0. The first-order valence-electron chi connectivity index (χ1n) is 8.19. The zero-order valence-corrected chi connectivity index (χ0v) is 16.7. The molecule has 0 saturated heterocycles. The lowest BCUT2D eigenvalue weighted by atomic mass is 10.3. The fourth-order valence-electron chi connectivity index (χ4n) is 2.06. The van der Waals surface area contributed by atoms with E-state index >= 15 is 0 Å². The second-order valence-corrected chi connectivity index (χ2v) is 8.81. The molecule has 0 aliphatic rings. The number of rotatable bonds is 9. The normalized spacial score (nSPS) is 10.8. The van der Waals surface area contributed by atoms with Crippen LogP contribution in [0.5, 0.6) is 0 Å². The molecular formula is C17H19N5OS3. The van der Waals surface area contributed by atoms with E-state index < -0.39 is 0 Å². The highest BCUT2D eigenvalue weighted by molar-refractivity contribution is 8.03. The monoisotopic (exact) mass is 405 g/mol. The predicted molar refractivity (Wildman–Crippen MR) is 107 cm³/mol. The minimum Gasteiger partial charge on any atom is -0.355 e. The van der Waals surface area contributed by atoms with Gasteiger partial charge in [-0.15, -0.1) is 10.2 Å². The number of para-hydroxylation sites is 1. The van der Waals surface area contributed by atoms with Crippen LogP contribution in [-0.2, 0) is 10.5 Å².